The first-order valence-electron chi connectivity index (χ1n) is 8.33. The van der Waals surface area contributed by atoms with Crippen LogP contribution in [0.5, 0.6) is 0 Å². The Morgan fingerprint density at radius 2 is 2.00 bits per heavy atom. The lowest BCUT2D eigenvalue weighted by atomic mass is 10.1. The minimum atomic E-state index is -0.583. The van der Waals surface area contributed by atoms with Gasteiger partial charge in [0.2, 0.25) is 0 Å². The van der Waals surface area contributed by atoms with Gasteiger partial charge in [0.1, 0.15) is 11.1 Å². The molecule has 2 heterocycles. The van der Waals surface area contributed by atoms with E-state index in [1.807, 2.05) is 12.1 Å². The molecule has 1 aliphatic rings. The number of nitrogens with zero attached hydrogens (tertiary/aromatic N) is 1. The number of carbonyl (C=O) groups is 1. The number of hydrogen-bond acceptors (Lipinski definition) is 5. The minimum Gasteiger partial charge on any atom is -0.422 e. The molecule has 2 aromatic rings. The van der Waals surface area contributed by atoms with E-state index in [0.717, 1.165) is 24.6 Å². The number of carbonyl (C=O) groups excluding carboxylic acids is 1. The molecule has 1 aromatic carbocycles. The largest absolute Gasteiger partial charge is 0.422 e. The molecule has 3 rings (SSSR count). The van der Waals surface area contributed by atoms with Crippen molar-refractivity contribution in [1.29, 1.82) is 0 Å². The standard InChI is InChI=1S/C18H22N2O4.ClH/c19-8-3-11-23-14-6-9-20(10-7-14)17(21)15-12-13-4-1-2-5-16(13)24-18(15)22;/h1-2,4-5,12,14H,3,6-11,19H2;1H. The van der Waals surface area contributed by atoms with Gasteiger partial charge in [-0.05, 0) is 37.9 Å². The summed E-state index contributed by atoms with van der Waals surface area (Å²) in [5.41, 5.74) is 5.45. The van der Waals surface area contributed by atoms with Gasteiger partial charge in [-0.3, -0.25) is 4.79 Å². The van der Waals surface area contributed by atoms with Crippen molar-refractivity contribution in [3.05, 3.63) is 46.3 Å². The first kappa shape index (κ1) is 19.4. The number of rotatable bonds is 5. The first-order valence-corrected chi connectivity index (χ1v) is 8.33. The third kappa shape index (κ3) is 4.60. The Balaban J connectivity index is 0.00000225. The number of ether oxygens (including phenoxy) is 1. The second kappa shape index (κ2) is 8.99. The molecule has 0 spiro atoms. The number of likely N-dealkylation sites (tertiary alicyclic amines) is 1. The fourth-order valence-corrected chi connectivity index (χ4v) is 2.94. The summed E-state index contributed by atoms with van der Waals surface area (Å²) in [6.45, 7) is 2.44. The highest BCUT2D eigenvalue weighted by atomic mass is 35.5. The molecule has 2 N–H and O–H groups in total. The van der Waals surface area contributed by atoms with Crippen molar-refractivity contribution in [2.75, 3.05) is 26.2 Å². The molecule has 1 aliphatic heterocycles. The van der Waals surface area contributed by atoms with Crippen molar-refractivity contribution in [2.45, 2.75) is 25.4 Å². The molecule has 1 aromatic heterocycles. The molecule has 0 bridgehead atoms. The maximum atomic E-state index is 12.6. The molecule has 25 heavy (non-hydrogen) atoms. The second-order valence-corrected chi connectivity index (χ2v) is 5.99. The summed E-state index contributed by atoms with van der Waals surface area (Å²) in [5.74, 6) is -0.269. The summed E-state index contributed by atoms with van der Waals surface area (Å²) >= 11 is 0. The quantitative estimate of drug-likeness (QED) is 0.647. The summed E-state index contributed by atoms with van der Waals surface area (Å²) in [6, 6.07) is 8.80. The van der Waals surface area contributed by atoms with Crippen molar-refractivity contribution in [3.8, 4) is 0 Å². The van der Waals surface area contributed by atoms with E-state index in [-0.39, 0.29) is 30.0 Å². The van der Waals surface area contributed by atoms with Gasteiger partial charge in [-0.25, -0.2) is 4.79 Å². The third-order valence-electron chi connectivity index (χ3n) is 4.30. The number of nitrogens with two attached hydrogens (primary N) is 1. The molecule has 0 radical (unpaired) electrons. The van der Waals surface area contributed by atoms with E-state index in [1.54, 1.807) is 23.1 Å². The Labute approximate surface area is 152 Å². The lowest BCUT2D eigenvalue weighted by Gasteiger charge is -2.31. The molecule has 7 heteroatoms. The summed E-state index contributed by atoms with van der Waals surface area (Å²) in [6.07, 6.45) is 2.55. The Hall–Kier alpha value is -1.89. The predicted molar refractivity (Wildman–Crippen MR) is 98.3 cm³/mol. The van der Waals surface area contributed by atoms with Gasteiger partial charge in [-0.2, -0.15) is 0 Å². The number of fused-ring (bicyclic) bond motifs is 1. The van der Waals surface area contributed by atoms with Crippen LogP contribution in [0, 0.1) is 0 Å². The van der Waals surface area contributed by atoms with E-state index in [0.29, 0.717) is 31.8 Å². The van der Waals surface area contributed by atoms with Crippen LogP contribution in [0.15, 0.2) is 39.5 Å². The smallest absolute Gasteiger partial charge is 0.349 e. The highest BCUT2D eigenvalue weighted by Gasteiger charge is 2.26. The van der Waals surface area contributed by atoms with Crippen LogP contribution in [0.3, 0.4) is 0 Å². The molecule has 0 aliphatic carbocycles. The number of halogens is 1. The highest BCUT2D eigenvalue weighted by molar-refractivity contribution is 5.96. The van der Waals surface area contributed by atoms with Crippen molar-refractivity contribution in [1.82, 2.24) is 4.90 Å². The van der Waals surface area contributed by atoms with Crippen molar-refractivity contribution in [3.63, 3.8) is 0 Å². The van der Waals surface area contributed by atoms with Crippen LogP contribution in [-0.4, -0.2) is 43.2 Å². The zero-order valence-corrected chi connectivity index (χ0v) is 14.8. The zero-order chi connectivity index (χ0) is 16.9. The van der Waals surface area contributed by atoms with Crippen LogP contribution in [0.4, 0.5) is 0 Å². The topological polar surface area (TPSA) is 85.8 Å². The maximum absolute atomic E-state index is 12.6. The zero-order valence-electron chi connectivity index (χ0n) is 14.0. The Kier molecular flexibility index (Phi) is 6.99. The maximum Gasteiger partial charge on any atom is 0.349 e. The molecule has 1 fully saturated rings. The fraction of sp³-hybridized carbons (Fsp3) is 0.444. The molecule has 0 atom stereocenters. The molecule has 1 amide bonds. The van der Waals surface area contributed by atoms with Crippen LogP contribution in [0.2, 0.25) is 0 Å². The lowest BCUT2D eigenvalue weighted by molar-refractivity contribution is 0.00835. The van der Waals surface area contributed by atoms with E-state index >= 15 is 0 Å². The monoisotopic (exact) mass is 366 g/mol. The Morgan fingerprint density at radius 3 is 2.72 bits per heavy atom. The normalized spacial score (nSPS) is 15.2. The van der Waals surface area contributed by atoms with E-state index in [9.17, 15) is 9.59 Å². The lowest BCUT2D eigenvalue weighted by Crippen LogP contribution is -2.42. The molecule has 0 unspecified atom stereocenters. The average Bonchev–Trinajstić information content (AvgIpc) is 2.61. The number of para-hydroxylation sites is 1. The molecule has 136 valence electrons. The van der Waals surface area contributed by atoms with E-state index in [2.05, 4.69) is 0 Å². The summed E-state index contributed by atoms with van der Waals surface area (Å²) in [4.78, 5) is 26.4. The van der Waals surface area contributed by atoms with Crippen LogP contribution < -0.4 is 11.4 Å². The van der Waals surface area contributed by atoms with Crippen LogP contribution in [0.25, 0.3) is 11.0 Å². The second-order valence-electron chi connectivity index (χ2n) is 5.99. The van der Waals surface area contributed by atoms with Crippen molar-refractivity contribution < 1.29 is 13.9 Å². The third-order valence-corrected chi connectivity index (χ3v) is 4.30. The van der Waals surface area contributed by atoms with Crippen molar-refractivity contribution >= 4 is 29.3 Å². The Morgan fingerprint density at radius 1 is 1.28 bits per heavy atom. The van der Waals surface area contributed by atoms with Gasteiger partial charge in [0.25, 0.3) is 5.91 Å². The molecular weight excluding hydrogens is 344 g/mol. The van der Waals surface area contributed by atoms with Crippen LogP contribution in [0.1, 0.15) is 29.6 Å². The van der Waals surface area contributed by atoms with Gasteiger partial charge in [0.15, 0.2) is 0 Å². The van der Waals surface area contributed by atoms with Gasteiger partial charge < -0.3 is 19.8 Å². The Bertz CT molecular complexity index is 769. The number of piperidine rings is 1. The average molecular weight is 367 g/mol. The van der Waals surface area contributed by atoms with Gasteiger partial charge in [0, 0.05) is 25.1 Å². The SMILES string of the molecule is Cl.NCCCOC1CCN(C(=O)c2cc3ccccc3oc2=O)CC1. The highest BCUT2D eigenvalue weighted by Crippen LogP contribution is 2.18. The van der Waals surface area contributed by atoms with Crippen LogP contribution in [-0.2, 0) is 4.74 Å². The molecule has 6 nitrogen and oxygen atoms in total. The van der Waals surface area contributed by atoms with E-state index in [1.165, 1.54) is 0 Å². The molecular formula is C18H23ClN2O4. The number of hydrogen-bond donors (Lipinski definition) is 1. The number of amides is 1. The summed E-state index contributed by atoms with van der Waals surface area (Å²) in [7, 11) is 0. The van der Waals surface area contributed by atoms with Crippen LogP contribution >= 0.6 is 12.4 Å². The summed E-state index contributed by atoms with van der Waals surface area (Å²) in [5, 5.41) is 0.750. The predicted octanol–water partition coefficient (Wildman–Crippen LogP) is 2.18. The van der Waals surface area contributed by atoms with Gasteiger partial charge >= 0.3 is 5.63 Å². The van der Waals surface area contributed by atoms with Gasteiger partial charge in [0.05, 0.1) is 6.10 Å². The summed E-state index contributed by atoms with van der Waals surface area (Å²) < 4.78 is 11.0. The minimum absolute atomic E-state index is 0. The molecule has 1 saturated heterocycles. The van der Waals surface area contributed by atoms with Crippen molar-refractivity contribution in [2.24, 2.45) is 5.73 Å². The van der Waals surface area contributed by atoms with Gasteiger partial charge in [-0.15, -0.1) is 12.4 Å². The fourth-order valence-electron chi connectivity index (χ4n) is 2.94. The van der Waals surface area contributed by atoms with Gasteiger partial charge in [-0.1, -0.05) is 18.2 Å². The van der Waals surface area contributed by atoms with E-state index < -0.39 is 5.63 Å². The first-order chi connectivity index (χ1) is 11.7. The molecule has 0 saturated carbocycles. The van der Waals surface area contributed by atoms with E-state index in [4.69, 9.17) is 14.9 Å². The number of benzene rings is 1.